The van der Waals surface area contributed by atoms with Crippen LogP contribution >= 0.6 is 15.9 Å². The van der Waals surface area contributed by atoms with Crippen LogP contribution in [0.4, 0.5) is 11.6 Å². The number of anilines is 2. The van der Waals surface area contributed by atoms with Crippen molar-refractivity contribution in [3.05, 3.63) is 70.1 Å². The quantitative estimate of drug-likeness (QED) is 0.587. The third-order valence-corrected chi connectivity index (χ3v) is 5.41. The molecule has 8 nitrogen and oxygen atoms in total. The Morgan fingerprint density at radius 3 is 2.63 bits per heavy atom. The van der Waals surface area contributed by atoms with E-state index in [9.17, 15) is 4.79 Å². The smallest absolute Gasteiger partial charge is 0.255 e. The van der Waals surface area contributed by atoms with Crippen molar-refractivity contribution in [2.24, 2.45) is 0 Å². The second-order valence-electron chi connectivity index (χ2n) is 6.67. The van der Waals surface area contributed by atoms with E-state index in [1.807, 2.05) is 31.2 Å². The van der Waals surface area contributed by atoms with Crippen molar-refractivity contribution >= 4 is 33.5 Å². The van der Waals surface area contributed by atoms with Gasteiger partial charge < -0.3 is 20.1 Å². The van der Waals surface area contributed by atoms with E-state index in [1.54, 1.807) is 37.1 Å². The van der Waals surface area contributed by atoms with Gasteiger partial charge in [0.05, 0.1) is 25.5 Å². The van der Waals surface area contributed by atoms with Crippen LogP contribution in [0.2, 0.25) is 0 Å². The first-order valence-electron chi connectivity index (χ1n) is 9.18. The van der Waals surface area contributed by atoms with E-state index in [4.69, 9.17) is 9.47 Å². The van der Waals surface area contributed by atoms with Gasteiger partial charge in [0, 0.05) is 16.2 Å². The summed E-state index contributed by atoms with van der Waals surface area (Å²) in [5, 5.41) is 10.5. The summed E-state index contributed by atoms with van der Waals surface area (Å²) < 4.78 is 13.3. The van der Waals surface area contributed by atoms with Gasteiger partial charge in [0.25, 0.3) is 5.91 Å². The van der Waals surface area contributed by atoms with Crippen LogP contribution in [0.5, 0.6) is 11.5 Å². The molecule has 0 radical (unpaired) electrons. The Bertz CT molecular complexity index is 1120. The minimum absolute atomic E-state index is 0.277. The largest absolute Gasteiger partial charge is 0.497 e. The van der Waals surface area contributed by atoms with Gasteiger partial charge in [0.1, 0.15) is 23.9 Å². The van der Waals surface area contributed by atoms with Crippen molar-refractivity contribution in [1.29, 1.82) is 0 Å². The number of hydrogen-bond donors (Lipinski definition) is 2. The van der Waals surface area contributed by atoms with Gasteiger partial charge in [-0.15, -0.1) is 0 Å². The van der Waals surface area contributed by atoms with Crippen LogP contribution in [0.1, 0.15) is 18.5 Å². The zero-order valence-corrected chi connectivity index (χ0v) is 18.2. The number of fused-ring (bicyclic) bond motifs is 1. The third kappa shape index (κ3) is 3.63. The average Bonchev–Trinajstić information content (AvgIpc) is 3.21. The molecule has 154 valence electrons. The van der Waals surface area contributed by atoms with E-state index in [0.717, 1.165) is 10.0 Å². The first kappa shape index (κ1) is 20.0. The summed E-state index contributed by atoms with van der Waals surface area (Å²) in [5.74, 6) is 1.45. The van der Waals surface area contributed by atoms with Crippen molar-refractivity contribution in [2.45, 2.75) is 13.0 Å². The number of rotatable bonds is 5. The summed E-state index contributed by atoms with van der Waals surface area (Å²) in [4.78, 5) is 17.7. The lowest BCUT2D eigenvalue weighted by atomic mass is 9.95. The first-order valence-corrected chi connectivity index (χ1v) is 9.97. The Balaban J connectivity index is 1.75. The van der Waals surface area contributed by atoms with Crippen LogP contribution in [-0.2, 0) is 4.79 Å². The topological polar surface area (TPSA) is 90.3 Å². The van der Waals surface area contributed by atoms with Gasteiger partial charge in [-0.1, -0.05) is 28.1 Å². The van der Waals surface area contributed by atoms with E-state index in [1.165, 1.54) is 6.33 Å². The molecule has 1 amide bonds. The summed E-state index contributed by atoms with van der Waals surface area (Å²) in [6, 6.07) is 12.6. The lowest BCUT2D eigenvalue weighted by Crippen LogP contribution is -2.31. The fourth-order valence-electron chi connectivity index (χ4n) is 3.44. The molecule has 1 aliphatic rings. The van der Waals surface area contributed by atoms with Crippen molar-refractivity contribution < 1.29 is 14.3 Å². The molecule has 30 heavy (non-hydrogen) atoms. The van der Waals surface area contributed by atoms with Gasteiger partial charge in [-0.25, -0.2) is 4.68 Å². The van der Waals surface area contributed by atoms with Crippen molar-refractivity contribution in [1.82, 2.24) is 14.8 Å². The first-order chi connectivity index (χ1) is 14.5. The molecule has 0 bridgehead atoms. The molecular formula is C21H20BrN5O3. The van der Waals surface area contributed by atoms with Gasteiger partial charge in [0.15, 0.2) is 0 Å². The monoisotopic (exact) mass is 469 g/mol. The highest BCUT2D eigenvalue weighted by molar-refractivity contribution is 9.10. The molecule has 3 aromatic rings. The molecule has 0 saturated heterocycles. The second-order valence-corrected chi connectivity index (χ2v) is 7.58. The molecule has 2 heterocycles. The molecule has 1 aliphatic heterocycles. The number of nitrogens with one attached hydrogen (secondary N) is 2. The Morgan fingerprint density at radius 1 is 1.17 bits per heavy atom. The van der Waals surface area contributed by atoms with Gasteiger partial charge >= 0.3 is 0 Å². The predicted octanol–water partition coefficient (Wildman–Crippen LogP) is 3.99. The molecule has 2 N–H and O–H groups in total. The minimum atomic E-state index is -0.437. The summed E-state index contributed by atoms with van der Waals surface area (Å²) in [6.07, 6.45) is 1.47. The number of amides is 1. The van der Waals surface area contributed by atoms with Gasteiger partial charge in [0.2, 0.25) is 5.95 Å². The number of methoxy groups -OCH3 is 2. The highest BCUT2D eigenvalue weighted by atomic mass is 79.9. The SMILES string of the molecule is COc1ccc(OC)c(NC(=O)C2=C(C)Nc3ncnn3C2c2ccc(Br)cc2)c1. The standard InChI is InChI=1S/C21H20BrN5O3/c1-12-18(20(28)26-16-10-15(29-2)8-9-17(16)30-3)19(13-4-6-14(22)7-5-13)27-21(25-12)23-11-24-27/h4-11,19H,1-3H3,(H,26,28)(H,23,24,25). The van der Waals surface area contributed by atoms with E-state index in [-0.39, 0.29) is 5.91 Å². The number of carbonyl (C=O) groups is 1. The van der Waals surface area contributed by atoms with Gasteiger partial charge in [-0.05, 0) is 36.8 Å². The Kier molecular flexibility index (Phi) is 5.45. The number of halogens is 1. The summed E-state index contributed by atoms with van der Waals surface area (Å²) in [5.41, 5.74) is 2.65. The number of aromatic nitrogens is 3. The third-order valence-electron chi connectivity index (χ3n) is 4.88. The van der Waals surface area contributed by atoms with E-state index >= 15 is 0 Å². The summed E-state index contributed by atoms with van der Waals surface area (Å²) in [6.45, 7) is 1.85. The molecule has 0 spiro atoms. The number of benzene rings is 2. The Hall–Kier alpha value is -3.33. The average molecular weight is 470 g/mol. The predicted molar refractivity (Wildman–Crippen MR) is 117 cm³/mol. The lowest BCUT2D eigenvalue weighted by molar-refractivity contribution is -0.113. The van der Waals surface area contributed by atoms with E-state index in [2.05, 4.69) is 36.6 Å². The zero-order chi connectivity index (χ0) is 21.3. The normalized spacial score (nSPS) is 15.3. The molecule has 4 rings (SSSR count). The number of carbonyl (C=O) groups excluding carboxylic acids is 1. The minimum Gasteiger partial charge on any atom is -0.497 e. The molecule has 1 unspecified atom stereocenters. The number of hydrogen-bond acceptors (Lipinski definition) is 6. The van der Waals surface area contributed by atoms with Crippen LogP contribution in [0.3, 0.4) is 0 Å². The maximum absolute atomic E-state index is 13.5. The van der Waals surface area contributed by atoms with Crippen LogP contribution in [0.15, 0.2) is 64.5 Å². The zero-order valence-electron chi connectivity index (χ0n) is 16.6. The molecule has 0 fully saturated rings. The molecule has 9 heteroatoms. The van der Waals surface area contributed by atoms with Crippen molar-refractivity contribution in [3.63, 3.8) is 0 Å². The number of allylic oxidation sites excluding steroid dienone is 1. The number of nitrogens with zero attached hydrogens (tertiary/aromatic N) is 3. The molecule has 1 aromatic heterocycles. The Labute approximate surface area is 182 Å². The molecule has 1 atom stereocenters. The van der Waals surface area contributed by atoms with Gasteiger partial charge in [-0.2, -0.15) is 10.1 Å². The maximum Gasteiger partial charge on any atom is 0.255 e. The molecule has 2 aromatic carbocycles. The summed E-state index contributed by atoms with van der Waals surface area (Å²) in [7, 11) is 3.12. The molecule has 0 aliphatic carbocycles. The lowest BCUT2D eigenvalue weighted by Gasteiger charge is -2.29. The Morgan fingerprint density at radius 2 is 1.93 bits per heavy atom. The van der Waals surface area contributed by atoms with Crippen molar-refractivity contribution in [2.75, 3.05) is 24.9 Å². The fourth-order valence-corrected chi connectivity index (χ4v) is 3.70. The molecule has 0 saturated carbocycles. The maximum atomic E-state index is 13.5. The molecular weight excluding hydrogens is 450 g/mol. The van der Waals surface area contributed by atoms with Gasteiger partial charge in [-0.3, -0.25) is 4.79 Å². The van der Waals surface area contributed by atoms with Crippen LogP contribution in [-0.4, -0.2) is 34.9 Å². The highest BCUT2D eigenvalue weighted by Crippen LogP contribution is 2.37. The summed E-state index contributed by atoms with van der Waals surface area (Å²) >= 11 is 3.46. The fraction of sp³-hybridized carbons (Fsp3) is 0.190. The van der Waals surface area contributed by atoms with Crippen LogP contribution in [0, 0.1) is 0 Å². The second kappa shape index (κ2) is 8.19. The van der Waals surface area contributed by atoms with Crippen LogP contribution in [0.25, 0.3) is 0 Å². The number of ether oxygens (including phenoxy) is 2. The van der Waals surface area contributed by atoms with E-state index in [0.29, 0.717) is 34.4 Å². The van der Waals surface area contributed by atoms with Crippen LogP contribution < -0.4 is 20.1 Å². The highest BCUT2D eigenvalue weighted by Gasteiger charge is 2.33. The van der Waals surface area contributed by atoms with E-state index < -0.39 is 6.04 Å². The van der Waals surface area contributed by atoms with Crippen molar-refractivity contribution in [3.8, 4) is 11.5 Å².